The monoisotopic (exact) mass is 394 g/mol. The lowest BCUT2D eigenvalue weighted by Gasteiger charge is -2.32. The molecule has 2 fully saturated rings. The van der Waals surface area contributed by atoms with Crippen LogP contribution in [-0.4, -0.2) is 60.4 Å². The van der Waals surface area contributed by atoms with Crippen molar-refractivity contribution in [3.8, 4) is 11.3 Å². The number of rotatable bonds is 4. The van der Waals surface area contributed by atoms with Crippen LogP contribution in [-0.2, 0) is 0 Å². The number of nitrogens with zero attached hydrogens (tertiary/aromatic N) is 4. The van der Waals surface area contributed by atoms with E-state index in [4.69, 9.17) is 0 Å². The minimum absolute atomic E-state index is 0.134. The van der Waals surface area contributed by atoms with Crippen molar-refractivity contribution in [2.75, 3.05) is 43.4 Å². The van der Waals surface area contributed by atoms with E-state index in [2.05, 4.69) is 37.7 Å². The van der Waals surface area contributed by atoms with Crippen molar-refractivity contribution in [2.24, 2.45) is 0 Å². The molecule has 1 aliphatic heterocycles. The van der Waals surface area contributed by atoms with Gasteiger partial charge < -0.3 is 20.4 Å². The second-order valence-electron chi connectivity index (χ2n) is 8.08. The molecule has 2 amide bonds. The highest BCUT2D eigenvalue weighted by Crippen LogP contribution is 2.23. The number of benzene rings is 1. The van der Waals surface area contributed by atoms with Gasteiger partial charge in [0.15, 0.2) is 5.82 Å². The fraction of sp³-hybridized carbons (Fsp3) is 0.500. The number of amides is 2. The molecule has 7 nitrogen and oxygen atoms in total. The smallest absolute Gasteiger partial charge is 0.319 e. The first-order chi connectivity index (χ1) is 14.2. The fourth-order valence-electron chi connectivity index (χ4n) is 4.04. The number of hydrogen-bond donors (Lipinski definition) is 2. The van der Waals surface area contributed by atoms with Gasteiger partial charge in [-0.1, -0.05) is 31.4 Å². The van der Waals surface area contributed by atoms with Crippen molar-refractivity contribution < 1.29 is 4.79 Å². The SMILES string of the molecule is CN1CCN(c2ccc(-c3cccc(NC(=O)NC4CCCCC4)c3)nn2)CC1. The van der Waals surface area contributed by atoms with Crippen LogP contribution in [0, 0.1) is 0 Å². The molecular formula is C22H30N6O. The van der Waals surface area contributed by atoms with Gasteiger partial charge >= 0.3 is 6.03 Å². The maximum atomic E-state index is 12.3. The van der Waals surface area contributed by atoms with Gasteiger partial charge in [0.2, 0.25) is 0 Å². The summed E-state index contributed by atoms with van der Waals surface area (Å²) in [5.41, 5.74) is 2.51. The third-order valence-corrected chi connectivity index (χ3v) is 5.83. The third-order valence-electron chi connectivity index (χ3n) is 5.83. The Balaban J connectivity index is 1.38. The van der Waals surface area contributed by atoms with E-state index in [-0.39, 0.29) is 6.03 Å². The Labute approximate surface area is 172 Å². The Morgan fingerprint density at radius 1 is 1.00 bits per heavy atom. The normalized spacial score (nSPS) is 18.4. The summed E-state index contributed by atoms with van der Waals surface area (Å²) in [5.74, 6) is 0.919. The molecule has 1 aromatic heterocycles. The number of likely N-dealkylation sites (N-methyl/N-ethyl adjacent to an activating group) is 1. The van der Waals surface area contributed by atoms with Crippen LogP contribution in [0.15, 0.2) is 36.4 Å². The molecule has 2 N–H and O–H groups in total. The van der Waals surface area contributed by atoms with Gasteiger partial charge in [-0.2, -0.15) is 0 Å². The van der Waals surface area contributed by atoms with Crippen LogP contribution in [0.5, 0.6) is 0 Å². The van der Waals surface area contributed by atoms with Gasteiger partial charge in [-0.25, -0.2) is 4.79 Å². The van der Waals surface area contributed by atoms with E-state index in [1.165, 1.54) is 19.3 Å². The fourth-order valence-corrected chi connectivity index (χ4v) is 4.04. The number of urea groups is 1. The van der Waals surface area contributed by atoms with Crippen LogP contribution < -0.4 is 15.5 Å². The largest absolute Gasteiger partial charge is 0.353 e. The molecule has 1 saturated heterocycles. The third kappa shape index (κ3) is 5.23. The Morgan fingerprint density at radius 2 is 1.79 bits per heavy atom. The molecule has 1 aromatic carbocycles. The molecule has 0 atom stereocenters. The zero-order valence-corrected chi connectivity index (χ0v) is 17.1. The molecule has 7 heteroatoms. The van der Waals surface area contributed by atoms with Crippen LogP contribution in [0.1, 0.15) is 32.1 Å². The molecule has 1 saturated carbocycles. The van der Waals surface area contributed by atoms with E-state index >= 15 is 0 Å². The number of hydrogen-bond acceptors (Lipinski definition) is 5. The lowest BCUT2D eigenvalue weighted by molar-refractivity contribution is 0.244. The summed E-state index contributed by atoms with van der Waals surface area (Å²) < 4.78 is 0. The molecular weight excluding hydrogens is 364 g/mol. The summed E-state index contributed by atoms with van der Waals surface area (Å²) in [6.45, 7) is 4.03. The van der Waals surface area contributed by atoms with Crippen molar-refractivity contribution in [2.45, 2.75) is 38.1 Å². The van der Waals surface area contributed by atoms with Crippen LogP contribution in [0.25, 0.3) is 11.3 Å². The summed E-state index contributed by atoms with van der Waals surface area (Å²) in [5, 5.41) is 14.9. The zero-order chi connectivity index (χ0) is 20.1. The molecule has 2 heterocycles. The number of nitrogens with one attached hydrogen (secondary N) is 2. The van der Waals surface area contributed by atoms with E-state index in [0.29, 0.717) is 6.04 Å². The van der Waals surface area contributed by atoms with Crippen LogP contribution in [0.4, 0.5) is 16.3 Å². The van der Waals surface area contributed by atoms with E-state index in [0.717, 1.165) is 61.8 Å². The highest BCUT2D eigenvalue weighted by atomic mass is 16.2. The molecule has 29 heavy (non-hydrogen) atoms. The molecule has 154 valence electrons. The standard InChI is InChI=1S/C22H30N6O/c1-27-12-14-28(15-13-27)21-11-10-20(25-26-21)17-6-5-9-19(16-17)24-22(29)23-18-7-3-2-4-8-18/h5-6,9-11,16,18H,2-4,7-8,12-15H2,1H3,(H2,23,24,29). The molecule has 2 aliphatic rings. The molecule has 0 spiro atoms. The minimum Gasteiger partial charge on any atom is -0.353 e. The highest BCUT2D eigenvalue weighted by Gasteiger charge is 2.17. The lowest BCUT2D eigenvalue weighted by atomic mass is 9.96. The predicted octanol–water partition coefficient (Wildman–Crippen LogP) is 3.35. The summed E-state index contributed by atoms with van der Waals surface area (Å²) in [6, 6.07) is 12.0. The summed E-state index contributed by atoms with van der Waals surface area (Å²) in [4.78, 5) is 16.9. The minimum atomic E-state index is -0.134. The number of carbonyl (C=O) groups excluding carboxylic acids is 1. The number of carbonyl (C=O) groups is 1. The molecule has 1 aliphatic carbocycles. The van der Waals surface area contributed by atoms with Gasteiger partial charge in [0.1, 0.15) is 0 Å². The summed E-state index contributed by atoms with van der Waals surface area (Å²) in [6.07, 6.45) is 5.81. The molecule has 2 aromatic rings. The van der Waals surface area contributed by atoms with E-state index in [1.807, 2.05) is 36.4 Å². The van der Waals surface area contributed by atoms with Gasteiger partial charge in [-0.3, -0.25) is 0 Å². The molecule has 0 radical (unpaired) electrons. The highest BCUT2D eigenvalue weighted by molar-refractivity contribution is 5.90. The first kappa shape index (κ1) is 19.6. The van der Waals surface area contributed by atoms with E-state index < -0.39 is 0 Å². The second-order valence-corrected chi connectivity index (χ2v) is 8.08. The maximum absolute atomic E-state index is 12.3. The topological polar surface area (TPSA) is 73.4 Å². The van der Waals surface area contributed by atoms with Gasteiger partial charge in [0, 0.05) is 43.5 Å². The Hall–Kier alpha value is -2.67. The lowest BCUT2D eigenvalue weighted by Crippen LogP contribution is -2.44. The summed E-state index contributed by atoms with van der Waals surface area (Å²) in [7, 11) is 2.14. The Morgan fingerprint density at radius 3 is 2.52 bits per heavy atom. The molecule has 0 unspecified atom stereocenters. The maximum Gasteiger partial charge on any atom is 0.319 e. The van der Waals surface area contributed by atoms with Gasteiger partial charge in [-0.05, 0) is 44.2 Å². The molecule has 0 bridgehead atoms. The van der Waals surface area contributed by atoms with Crippen molar-refractivity contribution in [3.63, 3.8) is 0 Å². The van der Waals surface area contributed by atoms with Crippen molar-refractivity contribution in [3.05, 3.63) is 36.4 Å². The first-order valence-corrected chi connectivity index (χ1v) is 10.6. The van der Waals surface area contributed by atoms with E-state index in [9.17, 15) is 4.79 Å². The first-order valence-electron chi connectivity index (χ1n) is 10.6. The average molecular weight is 395 g/mol. The van der Waals surface area contributed by atoms with Crippen molar-refractivity contribution in [1.82, 2.24) is 20.4 Å². The quantitative estimate of drug-likeness (QED) is 0.832. The number of aromatic nitrogens is 2. The van der Waals surface area contributed by atoms with Crippen LogP contribution in [0.2, 0.25) is 0 Å². The number of anilines is 2. The van der Waals surface area contributed by atoms with Gasteiger partial charge in [0.05, 0.1) is 5.69 Å². The van der Waals surface area contributed by atoms with Crippen molar-refractivity contribution in [1.29, 1.82) is 0 Å². The summed E-state index contributed by atoms with van der Waals surface area (Å²) >= 11 is 0. The van der Waals surface area contributed by atoms with Gasteiger partial charge in [0.25, 0.3) is 0 Å². The van der Waals surface area contributed by atoms with Crippen LogP contribution >= 0.6 is 0 Å². The Kier molecular flexibility index (Phi) is 6.24. The average Bonchev–Trinajstić information content (AvgIpc) is 2.75. The number of piperazine rings is 1. The Bertz CT molecular complexity index is 810. The molecule has 4 rings (SSSR count). The van der Waals surface area contributed by atoms with E-state index in [1.54, 1.807) is 0 Å². The predicted molar refractivity (Wildman–Crippen MR) is 116 cm³/mol. The zero-order valence-electron chi connectivity index (χ0n) is 17.1. The van der Waals surface area contributed by atoms with Crippen LogP contribution in [0.3, 0.4) is 0 Å². The second kappa shape index (κ2) is 9.22. The van der Waals surface area contributed by atoms with Crippen molar-refractivity contribution >= 4 is 17.5 Å². The van der Waals surface area contributed by atoms with Gasteiger partial charge in [-0.15, -0.1) is 10.2 Å².